The molecule has 0 aliphatic rings. The second-order valence-electron chi connectivity index (χ2n) is 5.41. The Labute approximate surface area is 159 Å². The van der Waals surface area contributed by atoms with Crippen LogP contribution in [0.15, 0.2) is 42.5 Å². The predicted octanol–water partition coefficient (Wildman–Crippen LogP) is 3.45. The second-order valence-corrected chi connectivity index (χ2v) is 6.83. The third-order valence-electron chi connectivity index (χ3n) is 3.48. The molecule has 0 bridgehead atoms. The molecule has 0 aliphatic carbocycles. The van der Waals surface area contributed by atoms with Crippen molar-refractivity contribution >= 4 is 35.2 Å². The van der Waals surface area contributed by atoms with Gasteiger partial charge in [0.25, 0.3) is 0 Å². The van der Waals surface area contributed by atoms with Crippen molar-refractivity contribution in [1.82, 2.24) is 10.6 Å². The molecule has 2 rings (SSSR count). The minimum absolute atomic E-state index is 0.101. The number of amides is 2. The van der Waals surface area contributed by atoms with E-state index in [1.807, 2.05) is 12.1 Å². The van der Waals surface area contributed by atoms with Gasteiger partial charge in [-0.3, -0.25) is 9.59 Å². The zero-order valence-electron chi connectivity index (χ0n) is 13.9. The molecule has 26 heavy (non-hydrogen) atoms. The Hall–Kier alpha value is -2.12. The van der Waals surface area contributed by atoms with Crippen molar-refractivity contribution in [2.45, 2.75) is 11.8 Å². The van der Waals surface area contributed by atoms with Crippen LogP contribution in [-0.4, -0.2) is 24.6 Å². The summed E-state index contributed by atoms with van der Waals surface area (Å²) in [6.07, 6.45) is 0. The molecule has 4 nitrogen and oxygen atoms in total. The van der Waals surface area contributed by atoms with Crippen molar-refractivity contribution in [2.24, 2.45) is 0 Å². The van der Waals surface area contributed by atoms with Gasteiger partial charge in [0.15, 0.2) is 11.6 Å². The molecular formula is C18H17ClF2N2O2S. The number of rotatable bonds is 7. The molecule has 0 fully saturated rings. The number of halogens is 3. The molecule has 0 aliphatic heterocycles. The Morgan fingerprint density at radius 3 is 2.58 bits per heavy atom. The summed E-state index contributed by atoms with van der Waals surface area (Å²) in [5.41, 5.74) is 1.13. The van der Waals surface area contributed by atoms with Gasteiger partial charge in [-0.25, -0.2) is 8.78 Å². The van der Waals surface area contributed by atoms with Crippen LogP contribution in [0.5, 0.6) is 0 Å². The monoisotopic (exact) mass is 398 g/mol. The quantitative estimate of drug-likeness (QED) is 0.751. The van der Waals surface area contributed by atoms with Crippen LogP contribution in [0.25, 0.3) is 0 Å². The number of carbonyl (C=O) groups excluding carboxylic acids is 2. The number of benzene rings is 2. The summed E-state index contributed by atoms with van der Waals surface area (Å²) >= 11 is 7.26. The van der Waals surface area contributed by atoms with Gasteiger partial charge in [0.05, 0.1) is 5.75 Å². The summed E-state index contributed by atoms with van der Waals surface area (Å²) in [4.78, 5) is 24.2. The number of hydrogen-bond acceptors (Lipinski definition) is 3. The van der Waals surface area contributed by atoms with Crippen molar-refractivity contribution in [3.05, 3.63) is 70.2 Å². The van der Waals surface area contributed by atoms with E-state index in [1.54, 1.807) is 12.1 Å². The van der Waals surface area contributed by atoms with Crippen molar-refractivity contribution in [3.63, 3.8) is 0 Å². The lowest BCUT2D eigenvalue weighted by molar-refractivity contribution is -0.127. The molecule has 1 atom stereocenters. The minimum Gasteiger partial charge on any atom is -0.357 e. The largest absolute Gasteiger partial charge is 0.357 e. The lowest BCUT2D eigenvalue weighted by atomic mass is 10.1. The highest BCUT2D eigenvalue weighted by Gasteiger charge is 2.22. The maximum absolute atomic E-state index is 13.4. The maximum atomic E-state index is 13.4. The first-order chi connectivity index (χ1) is 12.4. The van der Waals surface area contributed by atoms with Gasteiger partial charge in [-0.15, -0.1) is 11.8 Å². The average molecular weight is 399 g/mol. The lowest BCUT2D eigenvalue weighted by Crippen LogP contribution is -2.39. The molecule has 8 heteroatoms. The van der Waals surface area contributed by atoms with E-state index < -0.39 is 29.5 Å². The highest BCUT2D eigenvalue weighted by atomic mass is 35.5. The zero-order chi connectivity index (χ0) is 19.1. The van der Waals surface area contributed by atoms with Gasteiger partial charge in [-0.2, -0.15) is 0 Å². The first-order valence-electron chi connectivity index (χ1n) is 7.69. The molecule has 0 aromatic heterocycles. The van der Waals surface area contributed by atoms with Crippen LogP contribution in [0, 0.1) is 11.6 Å². The van der Waals surface area contributed by atoms with Crippen LogP contribution in [0.1, 0.15) is 17.2 Å². The van der Waals surface area contributed by atoms with Gasteiger partial charge < -0.3 is 10.6 Å². The van der Waals surface area contributed by atoms with Gasteiger partial charge >= 0.3 is 0 Å². The highest BCUT2D eigenvalue weighted by Crippen LogP contribution is 2.19. The molecule has 0 saturated heterocycles. The van der Waals surface area contributed by atoms with E-state index in [9.17, 15) is 18.4 Å². The molecule has 0 spiro atoms. The van der Waals surface area contributed by atoms with E-state index in [0.29, 0.717) is 10.8 Å². The highest BCUT2D eigenvalue weighted by molar-refractivity contribution is 7.99. The predicted molar refractivity (Wildman–Crippen MR) is 98.9 cm³/mol. The van der Waals surface area contributed by atoms with Gasteiger partial charge in [0, 0.05) is 17.8 Å². The first-order valence-corrected chi connectivity index (χ1v) is 9.22. The van der Waals surface area contributed by atoms with Crippen LogP contribution >= 0.6 is 23.4 Å². The molecule has 0 heterocycles. The van der Waals surface area contributed by atoms with Crippen LogP contribution in [0.4, 0.5) is 8.78 Å². The zero-order valence-corrected chi connectivity index (χ0v) is 15.5. The number of thioether (sulfide) groups is 1. The molecule has 2 aromatic carbocycles. The van der Waals surface area contributed by atoms with Crippen LogP contribution in [-0.2, 0) is 15.3 Å². The Bertz CT molecular complexity index is 805. The van der Waals surface area contributed by atoms with E-state index in [0.717, 1.165) is 17.7 Å². The van der Waals surface area contributed by atoms with Gasteiger partial charge in [-0.05, 0) is 35.4 Å². The lowest BCUT2D eigenvalue weighted by Gasteiger charge is -2.18. The van der Waals surface area contributed by atoms with Crippen molar-refractivity contribution in [3.8, 4) is 0 Å². The van der Waals surface area contributed by atoms with E-state index in [1.165, 1.54) is 24.9 Å². The molecule has 0 radical (unpaired) electrons. The number of carbonyl (C=O) groups is 2. The molecule has 138 valence electrons. The number of nitrogens with one attached hydrogen (secondary N) is 2. The Balaban J connectivity index is 1.97. The molecule has 2 aromatic rings. The Morgan fingerprint density at radius 2 is 1.92 bits per heavy atom. The molecule has 2 amide bonds. The number of hydrogen-bond donors (Lipinski definition) is 2. The van der Waals surface area contributed by atoms with Gasteiger partial charge in [-0.1, -0.05) is 29.8 Å². The summed E-state index contributed by atoms with van der Waals surface area (Å²) in [5.74, 6) is -2.35. The third-order valence-corrected chi connectivity index (χ3v) is 4.72. The van der Waals surface area contributed by atoms with Crippen LogP contribution in [0.3, 0.4) is 0 Å². The van der Waals surface area contributed by atoms with Crippen LogP contribution < -0.4 is 10.6 Å². The van der Waals surface area contributed by atoms with Crippen LogP contribution in [0.2, 0.25) is 5.02 Å². The van der Waals surface area contributed by atoms with E-state index in [2.05, 4.69) is 10.6 Å². The summed E-state index contributed by atoms with van der Waals surface area (Å²) < 4.78 is 26.5. The summed E-state index contributed by atoms with van der Waals surface area (Å²) in [5, 5.41) is 5.56. The van der Waals surface area contributed by atoms with Crippen molar-refractivity contribution < 1.29 is 18.4 Å². The Morgan fingerprint density at radius 1 is 1.15 bits per heavy atom. The Kier molecular flexibility index (Phi) is 7.41. The normalized spacial score (nSPS) is 11.7. The third kappa shape index (κ3) is 5.71. The first kappa shape index (κ1) is 20.2. The average Bonchev–Trinajstić information content (AvgIpc) is 2.61. The van der Waals surface area contributed by atoms with E-state index >= 15 is 0 Å². The maximum Gasteiger partial charge on any atom is 0.246 e. The second kappa shape index (κ2) is 9.54. The number of likely N-dealkylation sites (N-methyl/N-ethyl adjacent to an activating group) is 1. The fourth-order valence-electron chi connectivity index (χ4n) is 2.23. The van der Waals surface area contributed by atoms with Crippen molar-refractivity contribution in [2.75, 3.05) is 12.8 Å². The SMILES string of the molecule is CNC(=O)C(NC(=O)CSCc1cccc(Cl)c1)c1ccc(F)c(F)c1. The topological polar surface area (TPSA) is 58.2 Å². The summed E-state index contributed by atoms with van der Waals surface area (Å²) in [6.45, 7) is 0. The fraction of sp³-hybridized carbons (Fsp3) is 0.222. The van der Waals surface area contributed by atoms with Gasteiger partial charge in [0.2, 0.25) is 11.8 Å². The summed E-state index contributed by atoms with van der Waals surface area (Å²) in [7, 11) is 1.40. The van der Waals surface area contributed by atoms with Crippen molar-refractivity contribution in [1.29, 1.82) is 0 Å². The molecule has 2 N–H and O–H groups in total. The van der Waals surface area contributed by atoms with E-state index in [-0.39, 0.29) is 11.3 Å². The molecule has 1 unspecified atom stereocenters. The standard InChI is InChI=1S/C18H17ClF2N2O2S/c1-22-18(25)17(12-5-6-14(20)15(21)8-12)23-16(24)10-26-9-11-3-2-4-13(19)7-11/h2-8,17H,9-10H2,1H3,(H,22,25)(H,23,24). The smallest absolute Gasteiger partial charge is 0.246 e. The van der Waals surface area contributed by atoms with E-state index in [4.69, 9.17) is 11.6 Å². The fourth-order valence-corrected chi connectivity index (χ4v) is 3.23. The summed E-state index contributed by atoms with van der Waals surface area (Å²) in [6, 6.07) is 9.26. The molecule has 0 saturated carbocycles. The van der Waals surface area contributed by atoms with Gasteiger partial charge in [0.1, 0.15) is 6.04 Å². The molecular weight excluding hydrogens is 382 g/mol. The minimum atomic E-state index is -1.10.